The minimum absolute atomic E-state index is 0.566. The van der Waals surface area contributed by atoms with Crippen LogP contribution in [0.5, 0.6) is 5.75 Å². The summed E-state index contributed by atoms with van der Waals surface area (Å²) in [6.07, 6.45) is 0. The molecule has 0 aliphatic carbocycles. The highest BCUT2D eigenvalue weighted by Gasteiger charge is 2.03. The lowest BCUT2D eigenvalue weighted by molar-refractivity contribution is 0.305. The molecule has 0 saturated heterocycles. The van der Waals surface area contributed by atoms with E-state index in [2.05, 4.69) is 39.9 Å². The Bertz CT molecular complexity index is 784. The average molecular weight is 309 g/mol. The number of hydrogen-bond acceptors (Lipinski definition) is 5. The molecule has 0 radical (unpaired) electrons. The minimum atomic E-state index is 0.566. The molecule has 0 atom stereocenters. The van der Waals surface area contributed by atoms with Crippen molar-refractivity contribution < 1.29 is 4.74 Å². The first-order chi connectivity index (χ1) is 11.2. The van der Waals surface area contributed by atoms with E-state index in [0.29, 0.717) is 19.1 Å². The lowest BCUT2D eigenvalue weighted by Crippen LogP contribution is -2.06. The Labute approximate surface area is 135 Å². The van der Waals surface area contributed by atoms with E-state index in [9.17, 15) is 0 Å². The van der Waals surface area contributed by atoms with Gasteiger partial charge in [-0.15, -0.1) is 0 Å². The van der Waals surface area contributed by atoms with E-state index < -0.39 is 0 Å². The van der Waals surface area contributed by atoms with Crippen molar-refractivity contribution in [2.75, 3.05) is 5.32 Å². The summed E-state index contributed by atoms with van der Waals surface area (Å²) in [5, 5.41) is 14.5. The molecule has 1 aromatic heterocycles. The first-order valence-corrected chi connectivity index (χ1v) is 7.45. The smallest absolute Gasteiger partial charge is 0.242 e. The molecule has 0 fully saturated rings. The molecular formula is C17H19N5O. The predicted molar refractivity (Wildman–Crippen MR) is 88.1 cm³/mol. The van der Waals surface area contributed by atoms with Crippen LogP contribution in [-0.2, 0) is 20.2 Å². The van der Waals surface area contributed by atoms with Gasteiger partial charge >= 0.3 is 0 Å². The van der Waals surface area contributed by atoms with Gasteiger partial charge in [-0.2, -0.15) is 0 Å². The van der Waals surface area contributed by atoms with Crippen LogP contribution in [0.2, 0.25) is 0 Å². The first-order valence-electron chi connectivity index (χ1n) is 7.45. The van der Waals surface area contributed by atoms with E-state index in [1.807, 2.05) is 36.4 Å². The van der Waals surface area contributed by atoms with E-state index in [-0.39, 0.29) is 0 Å². The summed E-state index contributed by atoms with van der Waals surface area (Å²) in [6, 6.07) is 16.3. The first kappa shape index (κ1) is 15.0. The zero-order valence-electron chi connectivity index (χ0n) is 13.2. The molecule has 0 bridgehead atoms. The fourth-order valence-corrected chi connectivity index (χ4v) is 2.24. The molecule has 0 aliphatic rings. The number of benzene rings is 2. The van der Waals surface area contributed by atoms with Gasteiger partial charge in [0.25, 0.3) is 0 Å². The van der Waals surface area contributed by atoms with Crippen molar-refractivity contribution >= 4 is 5.95 Å². The highest BCUT2D eigenvalue weighted by molar-refractivity contribution is 5.33. The van der Waals surface area contributed by atoms with Crippen molar-refractivity contribution in [3.63, 3.8) is 0 Å². The second-order valence-electron chi connectivity index (χ2n) is 5.34. The summed E-state index contributed by atoms with van der Waals surface area (Å²) in [6.45, 7) is 3.29. The van der Waals surface area contributed by atoms with Gasteiger partial charge in [0.15, 0.2) is 0 Å². The second-order valence-corrected chi connectivity index (χ2v) is 5.34. The summed E-state index contributed by atoms with van der Waals surface area (Å²) in [5.74, 6) is 1.49. The quantitative estimate of drug-likeness (QED) is 0.758. The number of anilines is 1. The van der Waals surface area contributed by atoms with Gasteiger partial charge in [0.2, 0.25) is 5.95 Å². The lowest BCUT2D eigenvalue weighted by atomic mass is 10.1. The molecule has 118 valence electrons. The van der Waals surface area contributed by atoms with E-state index >= 15 is 0 Å². The fraction of sp³-hybridized carbons (Fsp3) is 0.235. The Balaban J connectivity index is 1.61. The average Bonchev–Trinajstić information content (AvgIpc) is 2.98. The summed E-state index contributed by atoms with van der Waals surface area (Å²) in [5.41, 5.74) is 3.54. The van der Waals surface area contributed by atoms with Crippen molar-refractivity contribution in [1.29, 1.82) is 0 Å². The molecule has 2 aromatic carbocycles. The monoisotopic (exact) mass is 309 g/mol. The summed E-state index contributed by atoms with van der Waals surface area (Å²) in [4.78, 5) is 0. The van der Waals surface area contributed by atoms with Gasteiger partial charge in [-0.25, -0.2) is 4.68 Å². The Morgan fingerprint density at radius 2 is 2.00 bits per heavy atom. The number of nitrogens with one attached hydrogen (secondary N) is 1. The number of aryl methyl sites for hydroxylation is 2. The van der Waals surface area contributed by atoms with E-state index in [4.69, 9.17) is 4.74 Å². The van der Waals surface area contributed by atoms with Crippen LogP contribution in [-0.4, -0.2) is 20.2 Å². The van der Waals surface area contributed by atoms with Gasteiger partial charge in [0, 0.05) is 13.6 Å². The standard InChI is InChI=1S/C17H19N5O/c1-13-6-3-4-8-15(13)12-23-16-9-5-7-14(10-16)11-18-17-19-20-21-22(17)2/h3-10H,11-12H2,1-2H3,(H,18,19,21). The summed E-state index contributed by atoms with van der Waals surface area (Å²) >= 11 is 0. The van der Waals surface area contributed by atoms with Crippen molar-refractivity contribution in [3.8, 4) is 5.75 Å². The maximum atomic E-state index is 5.90. The maximum absolute atomic E-state index is 5.90. The highest BCUT2D eigenvalue weighted by Crippen LogP contribution is 2.17. The number of ether oxygens (including phenoxy) is 1. The lowest BCUT2D eigenvalue weighted by Gasteiger charge is -2.10. The zero-order chi connectivity index (χ0) is 16.1. The van der Waals surface area contributed by atoms with Crippen molar-refractivity contribution in [3.05, 3.63) is 65.2 Å². The molecule has 3 rings (SSSR count). The molecule has 0 saturated carbocycles. The van der Waals surface area contributed by atoms with Crippen LogP contribution in [0.4, 0.5) is 5.95 Å². The molecule has 0 amide bonds. The van der Waals surface area contributed by atoms with Gasteiger partial charge in [0.1, 0.15) is 12.4 Å². The number of aromatic nitrogens is 4. The van der Waals surface area contributed by atoms with E-state index in [1.165, 1.54) is 11.1 Å². The van der Waals surface area contributed by atoms with Crippen LogP contribution in [0.1, 0.15) is 16.7 Å². The molecular weight excluding hydrogens is 290 g/mol. The van der Waals surface area contributed by atoms with Gasteiger partial charge in [-0.05, 0) is 46.2 Å². The Morgan fingerprint density at radius 1 is 1.13 bits per heavy atom. The minimum Gasteiger partial charge on any atom is -0.489 e. The van der Waals surface area contributed by atoms with Crippen molar-refractivity contribution in [2.24, 2.45) is 7.05 Å². The van der Waals surface area contributed by atoms with Gasteiger partial charge in [-0.3, -0.25) is 0 Å². The largest absolute Gasteiger partial charge is 0.489 e. The molecule has 1 N–H and O–H groups in total. The number of hydrogen-bond donors (Lipinski definition) is 1. The van der Waals surface area contributed by atoms with Crippen LogP contribution >= 0.6 is 0 Å². The normalized spacial score (nSPS) is 10.5. The molecule has 1 heterocycles. The number of tetrazole rings is 1. The SMILES string of the molecule is Cc1ccccc1COc1cccc(CNc2nnnn2C)c1. The molecule has 3 aromatic rings. The molecule has 23 heavy (non-hydrogen) atoms. The molecule has 6 nitrogen and oxygen atoms in total. The highest BCUT2D eigenvalue weighted by atomic mass is 16.5. The van der Waals surface area contributed by atoms with Crippen LogP contribution in [0, 0.1) is 6.92 Å². The predicted octanol–water partition coefficient (Wildman–Crippen LogP) is 2.71. The van der Waals surface area contributed by atoms with Crippen molar-refractivity contribution in [1.82, 2.24) is 20.2 Å². The maximum Gasteiger partial charge on any atom is 0.242 e. The van der Waals surface area contributed by atoms with Crippen LogP contribution in [0.25, 0.3) is 0 Å². The van der Waals surface area contributed by atoms with Crippen molar-refractivity contribution in [2.45, 2.75) is 20.1 Å². The summed E-state index contributed by atoms with van der Waals surface area (Å²) < 4.78 is 7.50. The van der Waals surface area contributed by atoms with Gasteiger partial charge < -0.3 is 10.1 Å². The topological polar surface area (TPSA) is 64.9 Å². The van der Waals surface area contributed by atoms with Gasteiger partial charge in [-0.1, -0.05) is 41.5 Å². The number of rotatable bonds is 6. The molecule has 0 spiro atoms. The third-order valence-corrected chi connectivity index (χ3v) is 3.62. The van der Waals surface area contributed by atoms with E-state index in [0.717, 1.165) is 11.3 Å². The van der Waals surface area contributed by atoms with E-state index in [1.54, 1.807) is 11.7 Å². The third kappa shape index (κ3) is 3.85. The fourth-order valence-electron chi connectivity index (χ4n) is 2.24. The summed E-state index contributed by atoms with van der Waals surface area (Å²) in [7, 11) is 1.80. The Morgan fingerprint density at radius 3 is 2.78 bits per heavy atom. The molecule has 0 unspecified atom stereocenters. The second kappa shape index (κ2) is 6.91. The Kier molecular flexibility index (Phi) is 4.52. The Hall–Kier alpha value is -2.89. The molecule has 6 heteroatoms. The third-order valence-electron chi connectivity index (χ3n) is 3.62. The van der Waals surface area contributed by atoms with Gasteiger partial charge in [0.05, 0.1) is 0 Å². The molecule has 0 aliphatic heterocycles. The van der Waals surface area contributed by atoms with Crippen LogP contribution in [0.15, 0.2) is 48.5 Å². The van der Waals surface area contributed by atoms with Crippen LogP contribution < -0.4 is 10.1 Å². The number of nitrogens with zero attached hydrogens (tertiary/aromatic N) is 4. The van der Waals surface area contributed by atoms with Crippen LogP contribution in [0.3, 0.4) is 0 Å². The zero-order valence-corrected chi connectivity index (χ0v) is 13.2.